The summed E-state index contributed by atoms with van der Waals surface area (Å²) in [6.07, 6.45) is 3.49. The Morgan fingerprint density at radius 1 is 1.16 bits per heavy atom. The van der Waals surface area contributed by atoms with Crippen LogP contribution in [0.5, 0.6) is 0 Å². The van der Waals surface area contributed by atoms with Gasteiger partial charge in [0.25, 0.3) is 0 Å². The molecule has 2 amide bonds. The summed E-state index contributed by atoms with van der Waals surface area (Å²) in [6.45, 7) is 4.25. The van der Waals surface area contributed by atoms with Gasteiger partial charge in [-0.25, -0.2) is 4.98 Å². The number of aryl methyl sites for hydroxylation is 1. The molecule has 8 nitrogen and oxygen atoms in total. The van der Waals surface area contributed by atoms with E-state index in [9.17, 15) is 9.59 Å². The van der Waals surface area contributed by atoms with Crippen LogP contribution in [-0.2, 0) is 14.3 Å². The Hall–Kier alpha value is -1.96. The summed E-state index contributed by atoms with van der Waals surface area (Å²) in [5.74, 6) is 1.82. The van der Waals surface area contributed by atoms with Gasteiger partial charge in [0.1, 0.15) is 5.82 Å². The zero-order valence-electron chi connectivity index (χ0n) is 14.5. The van der Waals surface area contributed by atoms with E-state index in [4.69, 9.17) is 4.74 Å². The fourth-order valence-corrected chi connectivity index (χ4v) is 3.77. The number of likely N-dealkylation sites (tertiary alicyclic amines) is 1. The molecule has 8 heteroatoms. The van der Waals surface area contributed by atoms with Crippen LogP contribution in [0.3, 0.4) is 0 Å². The van der Waals surface area contributed by atoms with Gasteiger partial charge in [-0.15, -0.1) is 0 Å². The molecule has 2 aliphatic heterocycles. The number of H-pyrrole nitrogens is 1. The lowest BCUT2D eigenvalue weighted by molar-refractivity contribution is -0.132. The van der Waals surface area contributed by atoms with Gasteiger partial charge in [0.15, 0.2) is 5.82 Å². The number of amides is 2. The molecule has 25 heavy (non-hydrogen) atoms. The van der Waals surface area contributed by atoms with E-state index in [0.29, 0.717) is 32.1 Å². The molecule has 1 saturated carbocycles. The van der Waals surface area contributed by atoms with Crippen molar-refractivity contribution in [2.75, 3.05) is 26.3 Å². The third-order valence-corrected chi connectivity index (χ3v) is 5.42. The highest BCUT2D eigenvalue weighted by Crippen LogP contribution is 2.34. The lowest BCUT2D eigenvalue weighted by atomic mass is 9.97. The van der Waals surface area contributed by atoms with Crippen LogP contribution in [0.25, 0.3) is 0 Å². The molecule has 2 saturated heterocycles. The standard InChI is InChI=1S/C17H25N5O3/c1-10-18-15(21-20-10)13-8-22(17(24)12-2-3-12)9-14(13)19-16(23)11-4-6-25-7-5-11/h11-14H,2-9H2,1H3,(H,19,23)(H,18,20,21)/t13-,14-/m1/s1. The molecule has 0 spiro atoms. The van der Waals surface area contributed by atoms with Crippen LogP contribution in [0, 0.1) is 18.8 Å². The molecule has 3 aliphatic rings. The lowest BCUT2D eigenvalue weighted by Gasteiger charge is -2.24. The topological polar surface area (TPSA) is 100 Å². The maximum atomic E-state index is 12.6. The lowest BCUT2D eigenvalue weighted by Crippen LogP contribution is -2.44. The van der Waals surface area contributed by atoms with Crippen molar-refractivity contribution in [3.05, 3.63) is 11.6 Å². The highest BCUT2D eigenvalue weighted by atomic mass is 16.5. The van der Waals surface area contributed by atoms with Gasteiger partial charge < -0.3 is 15.0 Å². The third-order valence-electron chi connectivity index (χ3n) is 5.42. The maximum Gasteiger partial charge on any atom is 0.225 e. The second-order valence-electron chi connectivity index (χ2n) is 7.40. The third kappa shape index (κ3) is 3.53. The smallest absolute Gasteiger partial charge is 0.225 e. The molecule has 0 bridgehead atoms. The number of carbonyl (C=O) groups excluding carboxylic acids is 2. The molecule has 4 rings (SSSR count). The van der Waals surface area contributed by atoms with E-state index in [1.807, 2.05) is 11.8 Å². The van der Waals surface area contributed by atoms with Crippen molar-refractivity contribution in [2.24, 2.45) is 11.8 Å². The summed E-state index contributed by atoms with van der Waals surface area (Å²) in [5.41, 5.74) is 0. The second-order valence-corrected chi connectivity index (χ2v) is 7.40. The van der Waals surface area contributed by atoms with E-state index in [1.54, 1.807) is 0 Å². The van der Waals surface area contributed by atoms with Crippen LogP contribution in [0.2, 0.25) is 0 Å². The Bertz CT molecular complexity index is 650. The van der Waals surface area contributed by atoms with Gasteiger partial charge in [-0.2, -0.15) is 5.10 Å². The van der Waals surface area contributed by atoms with E-state index in [1.165, 1.54) is 0 Å². The summed E-state index contributed by atoms with van der Waals surface area (Å²) < 4.78 is 5.34. The summed E-state index contributed by atoms with van der Waals surface area (Å²) in [4.78, 5) is 31.4. The molecule has 2 N–H and O–H groups in total. The molecule has 136 valence electrons. The van der Waals surface area contributed by atoms with Crippen molar-refractivity contribution in [1.82, 2.24) is 25.4 Å². The summed E-state index contributed by atoms with van der Waals surface area (Å²) in [6, 6.07) is -0.131. The molecule has 1 aliphatic carbocycles. The van der Waals surface area contributed by atoms with Crippen LogP contribution in [0.4, 0.5) is 0 Å². The first-order valence-corrected chi connectivity index (χ1v) is 9.17. The first kappa shape index (κ1) is 16.5. The van der Waals surface area contributed by atoms with E-state index in [0.717, 1.165) is 31.5 Å². The Morgan fingerprint density at radius 3 is 2.56 bits per heavy atom. The maximum absolute atomic E-state index is 12.6. The van der Waals surface area contributed by atoms with E-state index < -0.39 is 0 Å². The number of ether oxygens (including phenoxy) is 1. The van der Waals surface area contributed by atoms with Crippen LogP contribution in [0.1, 0.15) is 43.3 Å². The Balaban J connectivity index is 1.47. The minimum absolute atomic E-state index is 0.00328. The van der Waals surface area contributed by atoms with Crippen molar-refractivity contribution in [2.45, 2.75) is 44.6 Å². The van der Waals surface area contributed by atoms with Crippen LogP contribution in [-0.4, -0.2) is 64.2 Å². The summed E-state index contributed by atoms with van der Waals surface area (Å²) in [7, 11) is 0. The molecular formula is C17H25N5O3. The molecule has 3 fully saturated rings. The summed E-state index contributed by atoms with van der Waals surface area (Å²) >= 11 is 0. The average Bonchev–Trinajstić information content (AvgIpc) is 3.26. The number of nitrogens with one attached hydrogen (secondary N) is 2. The van der Waals surface area contributed by atoms with Gasteiger partial charge >= 0.3 is 0 Å². The first-order valence-electron chi connectivity index (χ1n) is 9.17. The van der Waals surface area contributed by atoms with Crippen LogP contribution >= 0.6 is 0 Å². The minimum Gasteiger partial charge on any atom is -0.381 e. The highest BCUT2D eigenvalue weighted by molar-refractivity contribution is 5.82. The fraction of sp³-hybridized carbons (Fsp3) is 0.765. The molecule has 2 atom stereocenters. The van der Waals surface area contributed by atoms with Gasteiger partial charge in [-0.05, 0) is 32.6 Å². The van der Waals surface area contributed by atoms with Crippen molar-refractivity contribution >= 4 is 11.8 Å². The number of aromatic amines is 1. The van der Waals surface area contributed by atoms with Gasteiger partial charge in [-0.3, -0.25) is 14.7 Å². The Kier molecular flexibility index (Phi) is 4.45. The van der Waals surface area contributed by atoms with Gasteiger partial charge in [0.05, 0.1) is 12.0 Å². The number of rotatable bonds is 4. The zero-order valence-corrected chi connectivity index (χ0v) is 14.5. The quantitative estimate of drug-likeness (QED) is 0.819. The number of nitrogens with zero attached hydrogens (tertiary/aromatic N) is 3. The number of hydrogen-bond donors (Lipinski definition) is 2. The van der Waals surface area contributed by atoms with Crippen molar-refractivity contribution in [3.8, 4) is 0 Å². The van der Waals surface area contributed by atoms with Crippen LogP contribution < -0.4 is 5.32 Å². The molecule has 1 aromatic rings. The Labute approximate surface area is 146 Å². The molecule has 1 aromatic heterocycles. The number of hydrogen-bond acceptors (Lipinski definition) is 5. The SMILES string of the molecule is Cc1nc([C@@H]2CN(C(=O)C3CC3)C[C@H]2NC(=O)C2CCOCC2)n[nH]1. The van der Waals surface area contributed by atoms with E-state index in [-0.39, 0.29) is 35.6 Å². The monoisotopic (exact) mass is 347 g/mol. The molecule has 0 aromatic carbocycles. The predicted molar refractivity (Wildman–Crippen MR) is 88.6 cm³/mol. The molecule has 0 unspecified atom stereocenters. The van der Waals surface area contributed by atoms with Crippen molar-refractivity contribution in [1.29, 1.82) is 0 Å². The van der Waals surface area contributed by atoms with E-state index in [2.05, 4.69) is 20.5 Å². The molecule has 3 heterocycles. The molecule has 0 radical (unpaired) electrons. The summed E-state index contributed by atoms with van der Waals surface area (Å²) in [5, 5.41) is 10.3. The first-order chi connectivity index (χ1) is 12.1. The Morgan fingerprint density at radius 2 is 1.92 bits per heavy atom. The van der Waals surface area contributed by atoms with Crippen molar-refractivity contribution < 1.29 is 14.3 Å². The van der Waals surface area contributed by atoms with Gasteiger partial charge in [0.2, 0.25) is 11.8 Å². The average molecular weight is 347 g/mol. The van der Waals surface area contributed by atoms with Gasteiger partial charge in [0, 0.05) is 38.1 Å². The highest BCUT2D eigenvalue weighted by Gasteiger charge is 2.43. The van der Waals surface area contributed by atoms with Gasteiger partial charge in [-0.1, -0.05) is 0 Å². The van der Waals surface area contributed by atoms with Crippen molar-refractivity contribution in [3.63, 3.8) is 0 Å². The number of carbonyl (C=O) groups is 2. The molecular weight excluding hydrogens is 322 g/mol. The second kappa shape index (κ2) is 6.74. The minimum atomic E-state index is -0.131. The normalized spacial score (nSPS) is 27.5. The zero-order chi connectivity index (χ0) is 17.4. The van der Waals surface area contributed by atoms with E-state index >= 15 is 0 Å². The van der Waals surface area contributed by atoms with Crippen LogP contribution in [0.15, 0.2) is 0 Å². The largest absolute Gasteiger partial charge is 0.381 e. The number of aromatic nitrogens is 3. The fourth-order valence-electron chi connectivity index (χ4n) is 3.77. The predicted octanol–water partition coefficient (Wildman–Crippen LogP) is 0.360.